The molecule has 7 nitrogen and oxygen atoms in total. The first-order valence-corrected chi connectivity index (χ1v) is 9.81. The van der Waals surface area contributed by atoms with Crippen LogP contribution in [0.25, 0.3) is 16.5 Å². The number of nitrogens with one attached hydrogen (secondary N) is 1. The average molecular weight is 401 g/mol. The minimum absolute atomic E-state index is 0.136. The number of pyridine rings is 1. The van der Waals surface area contributed by atoms with Gasteiger partial charge >= 0.3 is 0 Å². The van der Waals surface area contributed by atoms with Gasteiger partial charge in [-0.15, -0.1) is 0 Å². The van der Waals surface area contributed by atoms with Crippen molar-refractivity contribution in [3.05, 3.63) is 88.4 Å². The first-order chi connectivity index (χ1) is 14.5. The molecule has 0 unspecified atom stereocenters. The molecule has 4 rings (SSSR count). The minimum atomic E-state index is -0.481. The van der Waals surface area contributed by atoms with E-state index in [0.29, 0.717) is 17.6 Å². The second-order valence-corrected chi connectivity index (χ2v) is 7.24. The Balaban J connectivity index is 1.70. The van der Waals surface area contributed by atoms with Gasteiger partial charge in [0.1, 0.15) is 6.04 Å². The fourth-order valence-corrected chi connectivity index (χ4v) is 3.86. The highest BCUT2D eigenvalue weighted by Gasteiger charge is 2.23. The normalized spacial score (nSPS) is 12.1. The van der Waals surface area contributed by atoms with Crippen LogP contribution in [0.5, 0.6) is 0 Å². The van der Waals surface area contributed by atoms with E-state index in [1.54, 1.807) is 12.4 Å². The quantitative estimate of drug-likeness (QED) is 0.557. The Bertz CT molecular complexity index is 1260. The van der Waals surface area contributed by atoms with Crippen LogP contribution in [0.4, 0.5) is 0 Å². The number of carbonyl (C=O) groups is 1. The van der Waals surface area contributed by atoms with Gasteiger partial charge in [-0.3, -0.25) is 14.6 Å². The van der Waals surface area contributed by atoms with E-state index in [4.69, 9.17) is 0 Å². The monoisotopic (exact) mass is 401 g/mol. The molecule has 1 amide bonds. The molecule has 0 saturated heterocycles. The first-order valence-electron chi connectivity index (χ1n) is 9.81. The maximum atomic E-state index is 13.2. The van der Waals surface area contributed by atoms with Crippen molar-refractivity contribution in [1.29, 1.82) is 0 Å². The summed E-state index contributed by atoms with van der Waals surface area (Å²) >= 11 is 0. The first kappa shape index (κ1) is 19.6. The SMILES string of the molecule is Cc1c2cnn(-c3ccccc3)c(=O)c2c(C)n1[C@@H](C)C(=O)NCc1ccccn1. The zero-order valence-electron chi connectivity index (χ0n) is 17.2. The largest absolute Gasteiger partial charge is 0.349 e. The van der Waals surface area contributed by atoms with Gasteiger partial charge in [0.25, 0.3) is 5.56 Å². The Morgan fingerprint density at radius 2 is 1.80 bits per heavy atom. The molecule has 1 aromatic carbocycles. The third-order valence-corrected chi connectivity index (χ3v) is 5.39. The number of nitrogens with zero attached hydrogens (tertiary/aromatic N) is 4. The van der Waals surface area contributed by atoms with Crippen molar-refractivity contribution in [2.75, 3.05) is 0 Å². The van der Waals surface area contributed by atoms with Gasteiger partial charge in [-0.1, -0.05) is 24.3 Å². The van der Waals surface area contributed by atoms with Crippen molar-refractivity contribution in [2.24, 2.45) is 0 Å². The van der Waals surface area contributed by atoms with Crippen molar-refractivity contribution in [2.45, 2.75) is 33.4 Å². The second kappa shape index (κ2) is 7.94. The van der Waals surface area contributed by atoms with Crippen LogP contribution >= 0.6 is 0 Å². The third-order valence-electron chi connectivity index (χ3n) is 5.39. The van der Waals surface area contributed by atoms with Crippen LogP contribution in [0.3, 0.4) is 0 Å². The standard InChI is InChI=1S/C23H23N5O2/c1-15-20-14-26-28(19-10-5-4-6-11-19)23(30)21(20)16(2)27(15)17(3)22(29)25-13-18-9-7-8-12-24-18/h4-12,14,17H,13H2,1-3H3,(H,25,29)/t17-/m0/s1. The molecule has 1 N–H and O–H groups in total. The zero-order chi connectivity index (χ0) is 21.3. The number of carbonyl (C=O) groups excluding carboxylic acids is 1. The van der Waals surface area contributed by atoms with E-state index in [0.717, 1.165) is 22.5 Å². The van der Waals surface area contributed by atoms with E-state index in [1.807, 2.05) is 73.9 Å². The summed E-state index contributed by atoms with van der Waals surface area (Å²) < 4.78 is 3.29. The van der Waals surface area contributed by atoms with Gasteiger partial charge < -0.3 is 9.88 Å². The molecule has 3 aromatic heterocycles. The lowest BCUT2D eigenvalue weighted by Crippen LogP contribution is -2.31. The van der Waals surface area contributed by atoms with Crippen molar-refractivity contribution in [3.63, 3.8) is 0 Å². The van der Waals surface area contributed by atoms with Crippen LogP contribution in [0.1, 0.15) is 30.0 Å². The summed E-state index contributed by atoms with van der Waals surface area (Å²) in [6.07, 6.45) is 3.39. The van der Waals surface area contributed by atoms with Crippen LogP contribution < -0.4 is 10.9 Å². The van der Waals surface area contributed by atoms with Crippen molar-refractivity contribution in [3.8, 4) is 5.69 Å². The number of hydrogen-bond acceptors (Lipinski definition) is 4. The number of amides is 1. The summed E-state index contributed by atoms with van der Waals surface area (Å²) in [6.45, 7) is 5.96. The Hall–Kier alpha value is -3.74. The highest BCUT2D eigenvalue weighted by molar-refractivity contribution is 5.89. The molecule has 0 radical (unpaired) electrons. The fraction of sp³-hybridized carbons (Fsp3) is 0.217. The molecule has 0 bridgehead atoms. The van der Waals surface area contributed by atoms with Gasteiger partial charge in [-0.05, 0) is 45.0 Å². The Morgan fingerprint density at radius 3 is 2.50 bits per heavy atom. The molecule has 0 aliphatic heterocycles. The summed E-state index contributed by atoms with van der Waals surface area (Å²) in [5.74, 6) is -0.136. The summed E-state index contributed by atoms with van der Waals surface area (Å²) in [5, 5.41) is 8.62. The molecule has 0 aliphatic rings. The molecule has 0 fully saturated rings. The van der Waals surface area contributed by atoms with Crippen LogP contribution in [-0.2, 0) is 11.3 Å². The van der Waals surface area contributed by atoms with Crippen LogP contribution in [0, 0.1) is 13.8 Å². The van der Waals surface area contributed by atoms with E-state index in [2.05, 4.69) is 15.4 Å². The van der Waals surface area contributed by atoms with Gasteiger partial charge in [0.05, 0.1) is 29.5 Å². The van der Waals surface area contributed by atoms with Crippen molar-refractivity contribution in [1.82, 2.24) is 24.6 Å². The summed E-state index contributed by atoms with van der Waals surface area (Å²) in [4.78, 5) is 30.2. The van der Waals surface area contributed by atoms with Gasteiger partial charge in [0.15, 0.2) is 0 Å². The lowest BCUT2D eigenvalue weighted by Gasteiger charge is -2.18. The molecule has 0 saturated carbocycles. The molecular formula is C23H23N5O2. The van der Waals surface area contributed by atoms with E-state index in [1.165, 1.54) is 4.68 Å². The van der Waals surface area contributed by atoms with Crippen LogP contribution in [-0.4, -0.2) is 25.2 Å². The predicted molar refractivity (Wildman–Crippen MR) is 116 cm³/mol. The number of aryl methyl sites for hydroxylation is 2. The van der Waals surface area contributed by atoms with Crippen molar-refractivity contribution >= 4 is 16.7 Å². The number of hydrogen-bond donors (Lipinski definition) is 1. The number of benzene rings is 1. The Morgan fingerprint density at radius 1 is 1.07 bits per heavy atom. The third kappa shape index (κ3) is 3.39. The lowest BCUT2D eigenvalue weighted by molar-refractivity contribution is -0.124. The van der Waals surface area contributed by atoms with Gasteiger partial charge in [-0.2, -0.15) is 9.78 Å². The van der Waals surface area contributed by atoms with Crippen molar-refractivity contribution < 1.29 is 4.79 Å². The van der Waals surface area contributed by atoms with E-state index in [-0.39, 0.29) is 11.5 Å². The summed E-state index contributed by atoms with van der Waals surface area (Å²) in [5.41, 5.74) is 2.89. The molecular weight excluding hydrogens is 378 g/mol. The number of fused-ring (bicyclic) bond motifs is 1. The highest BCUT2D eigenvalue weighted by atomic mass is 16.2. The van der Waals surface area contributed by atoms with E-state index in [9.17, 15) is 9.59 Å². The second-order valence-electron chi connectivity index (χ2n) is 7.24. The number of rotatable bonds is 5. The maximum absolute atomic E-state index is 13.2. The molecule has 4 aromatic rings. The molecule has 7 heteroatoms. The molecule has 0 aliphatic carbocycles. The van der Waals surface area contributed by atoms with Gasteiger partial charge in [0.2, 0.25) is 5.91 Å². The van der Waals surface area contributed by atoms with E-state index >= 15 is 0 Å². The molecule has 1 atom stereocenters. The topological polar surface area (TPSA) is 81.8 Å². The lowest BCUT2D eigenvalue weighted by atomic mass is 10.2. The maximum Gasteiger partial charge on any atom is 0.281 e. The minimum Gasteiger partial charge on any atom is -0.349 e. The average Bonchev–Trinajstić information content (AvgIpc) is 3.03. The molecule has 0 spiro atoms. The number of aromatic nitrogens is 4. The number of para-hydroxylation sites is 1. The molecule has 3 heterocycles. The predicted octanol–water partition coefficient (Wildman–Crippen LogP) is 3.08. The summed E-state index contributed by atoms with van der Waals surface area (Å²) in [6, 6.07) is 14.4. The Labute approximate surface area is 174 Å². The van der Waals surface area contributed by atoms with Crippen LogP contribution in [0.15, 0.2) is 65.7 Å². The highest BCUT2D eigenvalue weighted by Crippen LogP contribution is 2.26. The molecule has 152 valence electrons. The van der Waals surface area contributed by atoms with Crippen LogP contribution in [0.2, 0.25) is 0 Å². The summed E-state index contributed by atoms with van der Waals surface area (Å²) in [7, 11) is 0. The molecule has 30 heavy (non-hydrogen) atoms. The Kier molecular flexibility index (Phi) is 5.18. The smallest absolute Gasteiger partial charge is 0.281 e. The fourth-order valence-electron chi connectivity index (χ4n) is 3.86. The van der Waals surface area contributed by atoms with Gasteiger partial charge in [0, 0.05) is 23.0 Å². The zero-order valence-corrected chi connectivity index (χ0v) is 17.2. The van der Waals surface area contributed by atoms with Gasteiger partial charge in [-0.25, -0.2) is 0 Å². The van der Waals surface area contributed by atoms with E-state index < -0.39 is 6.04 Å².